The van der Waals surface area contributed by atoms with E-state index in [4.69, 9.17) is 9.47 Å². The first-order chi connectivity index (χ1) is 8.81. The molecule has 1 aliphatic rings. The van der Waals surface area contributed by atoms with Crippen LogP contribution in [0.5, 0.6) is 5.75 Å². The molecule has 0 saturated carbocycles. The van der Waals surface area contributed by atoms with Crippen LogP contribution in [-0.2, 0) is 4.74 Å². The van der Waals surface area contributed by atoms with Crippen LogP contribution in [0.15, 0.2) is 24.3 Å². The van der Waals surface area contributed by atoms with Gasteiger partial charge in [-0.1, -0.05) is 25.1 Å². The molecule has 0 aliphatic carbocycles. The van der Waals surface area contributed by atoms with Gasteiger partial charge < -0.3 is 14.6 Å². The molecule has 1 aromatic carbocycles. The Hall–Kier alpha value is -1.06. The molecule has 1 aliphatic heterocycles. The maximum absolute atomic E-state index is 9.95. The van der Waals surface area contributed by atoms with E-state index in [1.165, 1.54) is 0 Å². The minimum atomic E-state index is -0.434. The lowest BCUT2D eigenvalue weighted by molar-refractivity contribution is 0.0490. The molecule has 1 aromatic rings. The number of aliphatic hydroxyl groups is 1. The van der Waals surface area contributed by atoms with Crippen molar-refractivity contribution in [2.45, 2.75) is 32.3 Å². The van der Waals surface area contributed by atoms with Gasteiger partial charge in [0.15, 0.2) is 0 Å². The number of aliphatic hydroxyl groups excluding tert-OH is 1. The van der Waals surface area contributed by atoms with E-state index < -0.39 is 6.10 Å². The average molecular weight is 250 g/mol. The molecule has 3 heteroatoms. The molecule has 0 spiro atoms. The first-order valence-electron chi connectivity index (χ1n) is 6.78. The van der Waals surface area contributed by atoms with Gasteiger partial charge in [0.2, 0.25) is 0 Å². The fourth-order valence-electron chi connectivity index (χ4n) is 2.23. The minimum absolute atomic E-state index is 0.434. The Balaban J connectivity index is 1.95. The largest absolute Gasteiger partial charge is 0.493 e. The smallest absolute Gasteiger partial charge is 0.125 e. The first kappa shape index (κ1) is 13.4. The Bertz CT molecular complexity index is 359. The molecule has 0 radical (unpaired) electrons. The molecule has 1 heterocycles. The molecule has 1 fully saturated rings. The Labute approximate surface area is 109 Å². The number of benzene rings is 1. The lowest BCUT2D eigenvalue weighted by atomic mass is 10.0. The summed E-state index contributed by atoms with van der Waals surface area (Å²) in [6.07, 6.45) is 2.41. The van der Waals surface area contributed by atoms with Crippen LogP contribution in [0.25, 0.3) is 0 Å². The molecule has 0 unspecified atom stereocenters. The quantitative estimate of drug-likeness (QED) is 0.873. The topological polar surface area (TPSA) is 38.7 Å². The maximum Gasteiger partial charge on any atom is 0.125 e. The van der Waals surface area contributed by atoms with Crippen LogP contribution in [0, 0.1) is 5.92 Å². The van der Waals surface area contributed by atoms with E-state index in [1.54, 1.807) is 0 Å². The van der Waals surface area contributed by atoms with Gasteiger partial charge in [-0.2, -0.15) is 0 Å². The lowest BCUT2D eigenvalue weighted by Crippen LogP contribution is -2.21. The summed E-state index contributed by atoms with van der Waals surface area (Å²) in [7, 11) is 0. The molecular weight excluding hydrogens is 228 g/mol. The van der Waals surface area contributed by atoms with Gasteiger partial charge in [0, 0.05) is 18.8 Å². The number of para-hydroxylation sites is 1. The van der Waals surface area contributed by atoms with Crippen LogP contribution < -0.4 is 4.74 Å². The highest BCUT2D eigenvalue weighted by atomic mass is 16.5. The average Bonchev–Trinajstić information content (AvgIpc) is 2.45. The van der Waals surface area contributed by atoms with E-state index in [1.807, 2.05) is 31.2 Å². The predicted molar refractivity (Wildman–Crippen MR) is 70.7 cm³/mol. The van der Waals surface area contributed by atoms with Crippen molar-refractivity contribution in [3.63, 3.8) is 0 Å². The zero-order valence-electron chi connectivity index (χ0n) is 11.0. The molecule has 1 N–H and O–H groups in total. The predicted octanol–water partition coefficient (Wildman–Crippen LogP) is 2.94. The highest BCUT2D eigenvalue weighted by molar-refractivity contribution is 5.35. The van der Waals surface area contributed by atoms with Crippen LogP contribution in [0.4, 0.5) is 0 Å². The van der Waals surface area contributed by atoms with Gasteiger partial charge in [-0.15, -0.1) is 0 Å². The van der Waals surface area contributed by atoms with E-state index in [-0.39, 0.29) is 0 Å². The van der Waals surface area contributed by atoms with Crippen molar-refractivity contribution in [1.82, 2.24) is 0 Å². The van der Waals surface area contributed by atoms with Crippen molar-refractivity contribution >= 4 is 0 Å². The van der Waals surface area contributed by atoms with Crippen molar-refractivity contribution in [2.75, 3.05) is 19.8 Å². The summed E-state index contributed by atoms with van der Waals surface area (Å²) in [5, 5.41) is 9.95. The van der Waals surface area contributed by atoms with Gasteiger partial charge in [-0.3, -0.25) is 0 Å². The Morgan fingerprint density at radius 2 is 2.06 bits per heavy atom. The normalized spacial score (nSPS) is 18.6. The third-order valence-electron chi connectivity index (χ3n) is 3.48. The molecular formula is C15H22O3. The summed E-state index contributed by atoms with van der Waals surface area (Å²) in [5.74, 6) is 1.39. The van der Waals surface area contributed by atoms with Gasteiger partial charge in [-0.05, 0) is 31.2 Å². The Kier molecular flexibility index (Phi) is 5.02. The zero-order valence-corrected chi connectivity index (χ0v) is 11.0. The third-order valence-corrected chi connectivity index (χ3v) is 3.48. The summed E-state index contributed by atoms with van der Waals surface area (Å²) < 4.78 is 11.2. The monoisotopic (exact) mass is 250 g/mol. The third kappa shape index (κ3) is 3.47. The Morgan fingerprint density at radius 1 is 1.33 bits per heavy atom. The molecule has 100 valence electrons. The number of rotatable bonds is 5. The van der Waals surface area contributed by atoms with E-state index in [2.05, 4.69) is 0 Å². The van der Waals surface area contributed by atoms with E-state index in [0.29, 0.717) is 12.3 Å². The summed E-state index contributed by atoms with van der Waals surface area (Å²) >= 11 is 0. The lowest BCUT2D eigenvalue weighted by Gasteiger charge is -2.23. The van der Waals surface area contributed by atoms with Crippen LogP contribution >= 0.6 is 0 Å². The summed E-state index contributed by atoms with van der Waals surface area (Å²) in [4.78, 5) is 0. The number of hydrogen-bond donors (Lipinski definition) is 1. The summed E-state index contributed by atoms with van der Waals surface area (Å²) in [5.41, 5.74) is 0.895. The van der Waals surface area contributed by atoms with E-state index in [9.17, 15) is 5.11 Å². The first-order valence-corrected chi connectivity index (χ1v) is 6.78. The molecule has 3 nitrogen and oxygen atoms in total. The Morgan fingerprint density at radius 3 is 2.78 bits per heavy atom. The molecule has 1 saturated heterocycles. The van der Waals surface area contributed by atoms with Crippen LogP contribution in [-0.4, -0.2) is 24.9 Å². The number of hydrogen-bond acceptors (Lipinski definition) is 3. The van der Waals surface area contributed by atoms with Gasteiger partial charge in [-0.25, -0.2) is 0 Å². The van der Waals surface area contributed by atoms with E-state index in [0.717, 1.165) is 44.0 Å². The number of ether oxygens (including phenoxy) is 2. The van der Waals surface area contributed by atoms with Gasteiger partial charge in [0.1, 0.15) is 5.75 Å². The standard InChI is InChI=1S/C15H22O3/c1-2-14(16)13-5-3-4-6-15(13)18-11-12-7-9-17-10-8-12/h3-6,12,14,16H,2,7-11H2,1H3/t14-/m0/s1. The second kappa shape index (κ2) is 6.76. The molecule has 1 atom stereocenters. The fourth-order valence-corrected chi connectivity index (χ4v) is 2.23. The van der Waals surface area contributed by atoms with Crippen LogP contribution in [0.2, 0.25) is 0 Å². The molecule has 0 aromatic heterocycles. The highest BCUT2D eigenvalue weighted by Gasteiger charge is 2.16. The molecule has 18 heavy (non-hydrogen) atoms. The minimum Gasteiger partial charge on any atom is -0.493 e. The van der Waals surface area contributed by atoms with E-state index >= 15 is 0 Å². The molecule has 0 amide bonds. The molecule has 2 rings (SSSR count). The van der Waals surface area contributed by atoms with Crippen LogP contribution in [0.1, 0.15) is 37.9 Å². The molecule has 0 bridgehead atoms. The second-order valence-electron chi connectivity index (χ2n) is 4.83. The van der Waals surface area contributed by atoms with Crippen molar-refractivity contribution < 1.29 is 14.6 Å². The van der Waals surface area contributed by atoms with Crippen LogP contribution in [0.3, 0.4) is 0 Å². The van der Waals surface area contributed by atoms with Crippen molar-refractivity contribution in [3.8, 4) is 5.75 Å². The summed E-state index contributed by atoms with van der Waals surface area (Å²) in [6.45, 7) is 4.37. The summed E-state index contributed by atoms with van der Waals surface area (Å²) in [6, 6.07) is 7.77. The van der Waals surface area contributed by atoms with Crippen molar-refractivity contribution in [1.29, 1.82) is 0 Å². The van der Waals surface area contributed by atoms with Gasteiger partial charge >= 0.3 is 0 Å². The zero-order chi connectivity index (χ0) is 12.8. The SMILES string of the molecule is CC[C@H](O)c1ccccc1OCC1CCOCC1. The van der Waals surface area contributed by atoms with Gasteiger partial charge in [0.25, 0.3) is 0 Å². The maximum atomic E-state index is 9.95. The fraction of sp³-hybridized carbons (Fsp3) is 0.600. The van der Waals surface area contributed by atoms with Crippen molar-refractivity contribution in [3.05, 3.63) is 29.8 Å². The van der Waals surface area contributed by atoms with Crippen molar-refractivity contribution in [2.24, 2.45) is 5.92 Å². The van der Waals surface area contributed by atoms with Gasteiger partial charge in [0.05, 0.1) is 12.7 Å². The highest BCUT2D eigenvalue weighted by Crippen LogP contribution is 2.28. The second-order valence-corrected chi connectivity index (χ2v) is 4.83.